The van der Waals surface area contributed by atoms with Crippen LogP contribution in [0.2, 0.25) is 0 Å². The third-order valence-corrected chi connectivity index (χ3v) is 6.38. The molecule has 0 bridgehead atoms. The first-order valence-corrected chi connectivity index (χ1v) is 10.7. The Bertz CT molecular complexity index is 1260. The quantitative estimate of drug-likeness (QED) is 0.546. The summed E-state index contributed by atoms with van der Waals surface area (Å²) in [5, 5.41) is 11.4. The molecule has 0 radical (unpaired) electrons. The van der Waals surface area contributed by atoms with Gasteiger partial charge in [-0.1, -0.05) is 6.92 Å². The van der Waals surface area contributed by atoms with Crippen LogP contribution < -0.4 is 5.56 Å². The van der Waals surface area contributed by atoms with Gasteiger partial charge in [-0.3, -0.25) is 4.79 Å². The number of fused-ring (bicyclic) bond motifs is 4. The van der Waals surface area contributed by atoms with E-state index >= 15 is 0 Å². The first-order chi connectivity index (χ1) is 14.8. The number of pyridine rings is 2. The lowest BCUT2D eigenvalue weighted by atomic mass is 9.97. The fourth-order valence-corrected chi connectivity index (χ4v) is 4.83. The second kappa shape index (κ2) is 7.15. The molecule has 1 saturated heterocycles. The molecule has 5 rings (SSSR count). The number of nitrogens with zero attached hydrogens (tertiary/aromatic N) is 3. The summed E-state index contributed by atoms with van der Waals surface area (Å²) in [5.41, 5.74) is 5.61. The van der Waals surface area contributed by atoms with Gasteiger partial charge in [-0.15, -0.1) is 0 Å². The highest BCUT2D eigenvalue weighted by atomic mass is 16.7. The molecular weight excluding hydrogens is 394 g/mol. The smallest absolute Gasteiger partial charge is 0.254 e. The molecule has 0 spiro atoms. The topological polar surface area (TPSA) is 76.8 Å². The highest BCUT2D eigenvalue weighted by molar-refractivity contribution is 5.88. The molecule has 7 nitrogen and oxygen atoms in total. The van der Waals surface area contributed by atoms with Crippen LogP contribution in [-0.4, -0.2) is 46.9 Å². The van der Waals surface area contributed by atoms with E-state index in [9.17, 15) is 9.90 Å². The van der Waals surface area contributed by atoms with E-state index in [2.05, 4.69) is 6.07 Å². The van der Waals surface area contributed by atoms with E-state index in [0.717, 1.165) is 39.0 Å². The largest absolute Gasteiger partial charge is 0.508 e. The number of benzene rings is 1. The lowest BCUT2D eigenvalue weighted by Crippen LogP contribution is -2.32. The highest BCUT2D eigenvalue weighted by Crippen LogP contribution is 2.40. The number of hydrogen-bond acceptors (Lipinski definition) is 6. The Hall–Kier alpha value is -2.74. The number of phenolic OH excluding ortho intramolecular Hbond substituents is 1. The van der Waals surface area contributed by atoms with Crippen molar-refractivity contribution in [2.75, 3.05) is 27.3 Å². The highest BCUT2D eigenvalue weighted by Gasteiger charge is 2.40. The normalized spacial score (nSPS) is 16.8. The predicted molar refractivity (Wildman–Crippen MR) is 118 cm³/mol. The summed E-state index contributed by atoms with van der Waals surface area (Å²) in [4.78, 5) is 20.2. The summed E-state index contributed by atoms with van der Waals surface area (Å²) in [6.45, 7) is 5.95. The van der Waals surface area contributed by atoms with Gasteiger partial charge < -0.3 is 24.0 Å². The van der Waals surface area contributed by atoms with Crippen LogP contribution in [0.25, 0.3) is 22.3 Å². The van der Waals surface area contributed by atoms with E-state index in [1.54, 1.807) is 10.6 Å². The van der Waals surface area contributed by atoms with Crippen LogP contribution in [0.3, 0.4) is 0 Å². The van der Waals surface area contributed by atoms with Crippen LogP contribution in [-0.2, 0) is 28.4 Å². The SMILES string of the molecule is CCC1(c2cc3n(c(=O)c2C)Cc2cc4c(CN(C)C)c(O)ccc4nc2-3)OCCO1. The van der Waals surface area contributed by atoms with Crippen LogP contribution in [0, 0.1) is 6.92 Å². The molecule has 2 aliphatic heterocycles. The van der Waals surface area contributed by atoms with Crippen LogP contribution in [0.4, 0.5) is 0 Å². The lowest BCUT2D eigenvalue weighted by Gasteiger charge is -2.28. The number of aromatic hydroxyl groups is 1. The van der Waals surface area contributed by atoms with Crippen molar-refractivity contribution in [2.24, 2.45) is 0 Å². The third-order valence-electron chi connectivity index (χ3n) is 6.38. The zero-order valence-electron chi connectivity index (χ0n) is 18.4. The van der Waals surface area contributed by atoms with E-state index in [0.29, 0.717) is 38.3 Å². The molecule has 0 unspecified atom stereocenters. The minimum absolute atomic E-state index is 0.0437. The summed E-state index contributed by atoms with van der Waals surface area (Å²) in [7, 11) is 3.94. The molecule has 162 valence electrons. The van der Waals surface area contributed by atoms with E-state index in [4.69, 9.17) is 14.5 Å². The maximum atomic E-state index is 13.3. The maximum absolute atomic E-state index is 13.3. The molecule has 4 heterocycles. The van der Waals surface area contributed by atoms with Gasteiger partial charge in [-0.05, 0) is 45.3 Å². The van der Waals surface area contributed by atoms with Gasteiger partial charge in [0.2, 0.25) is 0 Å². The van der Waals surface area contributed by atoms with Crippen LogP contribution in [0.1, 0.15) is 35.6 Å². The predicted octanol–water partition coefficient (Wildman–Crippen LogP) is 3.11. The van der Waals surface area contributed by atoms with Gasteiger partial charge in [0.05, 0.1) is 36.7 Å². The average Bonchev–Trinajstić information content (AvgIpc) is 3.36. The van der Waals surface area contributed by atoms with Crippen molar-refractivity contribution in [3.05, 3.63) is 56.9 Å². The Balaban J connectivity index is 1.72. The van der Waals surface area contributed by atoms with Crippen molar-refractivity contribution in [3.63, 3.8) is 0 Å². The van der Waals surface area contributed by atoms with Gasteiger partial charge in [0, 0.05) is 40.6 Å². The van der Waals surface area contributed by atoms with Crippen LogP contribution >= 0.6 is 0 Å². The van der Waals surface area contributed by atoms with E-state index in [1.807, 2.05) is 45.0 Å². The summed E-state index contributed by atoms with van der Waals surface area (Å²) < 4.78 is 13.7. The molecule has 0 atom stereocenters. The molecule has 1 aromatic carbocycles. The zero-order chi connectivity index (χ0) is 21.9. The van der Waals surface area contributed by atoms with Gasteiger partial charge in [0.25, 0.3) is 5.56 Å². The molecule has 0 amide bonds. The second-order valence-corrected chi connectivity index (χ2v) is 8.63. The molecule has 2 aliphatic rings. The van der Waals surface area contributed by atoms with Crippen LogP contribution in [0.15, 0.2) is 29.1 Å². The molecule has 31 heavy (non-hydrogen) atoms. The fraction of sp³-hybridized carbons (Fsp3) is 0.417. The monoisotopic (exact) mass is 421 g/mol. The summed E-state index contributed by atoms with van der Waals surface area (Å²) >= 11 is 0. The van der Waals surface area contributed by atoms with Crippen LogP contribution in [0.5, 0.6) is 5.75 Å². The molecule has 0 saturated carbocycles. The van der Waals surface area contributed by atoms with E-state index in [-0.39, 0.29) is 11.3 Å². The molecular formula is C24H27N3O4. The van der Waals surface area contributed by atoms with Crippen molar-refractivity contribution in [1.82, 2.24) is 14.5 Å². The molecule has 0 aliphatic carbocycles. The van der Waals surface area contributed by atoms with E-state index in [1.165, 1.54) is 0 Å². The van der Waals surface area contributed by atoms with Crippen molar-refractivity contribution in [1.29, 1.82) is 0 Å². The van der Waals surface area contributed by atoms with Gasteiger partial charge in [0.15, 0.2) is 5.79 Å². The second-order valence-electron chi connectivity index (χ2n) is 8.63. The Morgan fingerprint density at radius 2 is 1.97 bits per heavy atom. The summed E-state index contributed by atoms with van der Waals surface area (Å²) in [5.74, 6) is -0.613. The van der Waals surface area contributed by atoms with Gasteiger partial charge in [-0.25, -0.2) is 4.98 Å². The number of hydrogen-bond donors (Lipinski definition) is 1. The minimum atomic E-state index is -0.872. The first-order valence-electron chi connectivity index (χ1n) is 10.7. The Kier molecular flexibility index (Phi) is 4.66. The number of ether oxygens (including phenoxy) is 2. The Labute approximate surface area is 180 Å². The number of phenols is 1. The van der Waals surface area contributed by atoms with Crippen molar-refractivity contribution >= 4 is 10.9 Å². The number of aromatic nitrogens is 2. The van der Waals surface area contributed by atoms with Crippen molar-refractivity contribution in [3.8, 4) is 17.1 Å². The lowest BCUT2D eigenvalue weighted by molar-refractivity contribution is -0.168. The summed E-state index contributed by atoms with van der Waals surface area (Å²) in [6.07, 6.45) is 0.627. The molecule has 7 heteroatoms. The fourth-order valence-electron chi connectivity index (χ4n) is 4.83. The Morgan fingerprint density at radius 1 is 1.23 bits per heavy atom. The van der Waals surface area contributed by atoms with Crippen molar-refractivity contribution < 1.29 is 14.6 Å². The van der Waals surface area contributed by atoms with Crippen molar-refractivity contribution in [2.45, 2.75) is 39.1 Å². The summed E-state index contributed by atoms with van der Waals surface area (Å²) in [6, 6.07) is 7.60. The first kappa shape index (κ1) is 20.2. The van der Waals surface area contributed by atoms with E-state index < -0.39 is 5.79 Å². The maximum Gasteiger partial charge on any atom is 0.254 e. The minimum Gasteiger partial charge on any atom is -0.508 e. The zero-order valence-corrected chi connectivity index (χ0v) is 18.4. The Morgan fingerprint density at radius 3 is 2.65 bits per heavy atom. The van der Waals surface area contributed by atoms with Gasteiger partial charge >= 0.3 is 0 Å². The molecule has 1 fully saturated rings. The standard InChI is InChI=1S/C24H27N3O4/c1-5-24(30-8-9-31-24)18-11-20-22-15(12-27(20)23(29)14(18)2)10-16-17(13-26(3)4)21(28)7-6-19(16)25-22/h6-7,10-11,28H,5,8-9,12-13H2,1-4H3. The molecule has 1 N–H and O–H groups in total. The average molecular weight is 421 g/mol. The molecule has 3 aromatic rings. The third kappa shape index (κ3) is 2.99. The number of rotatable bonds is 4. The molecule has 2 aromatic heterocycles. The van der Waals surface area contributed by atoms with Gasteiger partial charge in [0.1, 0.15) is 5.75 Å². The van der Waals surface area contributed by atoms with Gasteiger partial charge in [-0.2, -0.15) is 0 Å².